The second-order valence-corrected chi connectivity index (χ2v) is 6.18. The molecule has 0 saturated carbocycles. The maximum Gasteiger partial charge on any atom is 0.0651 e. The Morgan fingerprint density at radius 2 is 2.15 bits per heavy atom. The van der Waals surface area contributed by atoms with Gasteiger partial charge in [-0.25, -0.2) is 0 Å². The van der Waals surface area contributed by atoms with Crippen LogP contribution >= 0.6 is 11.8 Å². The van der Waals surface area contributed by atoms with Crippen molar-refractivity contribution in [1.29, 1.82) is 0 Å². The largest absolute Gasteiger partial charge is 0.378 e. The van der Waals surface area contributed by atoms with Gasteiger partial charge in [0, 0.05) is 21.7 Å². The standard InChI is InChI=1S/C16H15N3S/c1-2-4-16-13(3-1)15(7-8-20-16)18-12-5-6-14-11(9-12)10-17-19-14/h1-6,9-10,15,18H,7-8H2,(H,17,19). The summed E-state index contributed by atoms with van der Waals surface area (Å²) >= 11 is 1.95. The number of H-pyrrole nitrogens is 1. The van der Waals surface area contributed by atoms with Gasteiger partial charge in [-0.05, 0) is 36.2 Å². The highest BCUT2D eigenvalue weighted by Crippen LogP contribution is 2.37. The van der Waals surface area contributed by atoms with Crippen molar-refractivity contribution in [3.63, 3.8) is 0 Å². The maximum absolute atomic E-state index is 4.07. The summed E-state index contributed by atoms with van der Waals surface area (Å²) in [6.07, 6.45) is 3.02. The minimum absolute atomic E-state index is 0.400. The molecule has 0 aliphatic carbocycles. The van der Waals surface area contributed by atoms with Crippen LogP contribution in [0.25, 0.3) is 10.9 Å². The third-order valence-electron chi connectivity index (χ3n) is 3.74. The van der Waals surface area contributed by atoms with Gasteiger partial charge in [0.05, 0.1) is 17.8 Å². The fraction of sp³-hybridized carbons (Fsp3) is 0.188. The van der Waals surface area contributed by atoms with Crippen molar-refractivity contribution < 1.29 is 0 Å². The minimum atomic E-state index is 0.400. The second kappa shape index (κ2) is 4.87. The van der Waals surface area contributed by atoms with E-state index >= 15 is 0 Å². The monoisotopic (exact) mass is 281 g/mol. The number of anilines is 1. The molecule has 1 aliphatic heterocycles. The number of nitrogens with zero attached hydrogens (tertiary/aromatic N) is 1. The molecule has 2 heterocycles. The first-order valence-corrected chi connectivity index (χ1v) is 7.80. The van der Waals surface area contributed by atoms with Gasteiger partial charge in [-0.3, -0.25) is 5.10 Å². The number of fused-ring (bicyclic) bond motifs is 2. The molecule has 2 N–H and O–H groups in total. The van der Waals surface area contributed by atoms with Crippen LogP contribution in [0.4, 0.5) is 5.69 Å². The predicted molar refractivity (Wildman–Crippen MR) is 84.2 cm³/mol. The molecule has 100 valence electrons. The predicted octanol–water partition coefficient (Wildman–Crippen LogP) is 4.21. The Hall–Kier alpha value is -1.94. The molecule has 3 aromatic rings. The van der Waals surface area contributed by atoms with E-state index in [9.17, 15) is 0 Å². The van der Waals surface area contributed by atoms with Crippen LogP contribution in [0.2, 0.25) is 0 Å². The summed E-state index contributed by atoms with van der Waals surface area (Å²) in [6.45, 7) is 0. The second-order valence-electron chi connectivity index (χ2n) is 5.04. The molecule has 4 rings (SSSR count). The summed E-state index contributed by atoms with van der Waals surface area (Å²) < 4.78 is 0. The topological polar surface area (TPSA) is 40.7 Å². The fourth-order valence-electron chi connectivity index (χ4n) is 2.73. The van der Waals surface area contributed by atoms with Crippen molar-refractivity contribution in [3.8, 4) is 0 Å². The molecule has 2 aromatic carbocycles. The number of thioether (sulfide) groups is 1. The van der Waals surface area contributed by atoms with E-state index in [1.165, 1.54) is 16.2 Å². The summed E-state index contributed by atoms with van der Waals surface area (Å²) in [7, 11) is 0. The Morgan fingerprint density at radius 3 is 3.15 bits per heavy atom. The van der Waals surface area contributed by atoms with Crippen molar-refractivity contribution >= 4 is 28.4 Å². The molecule has 0 amide bonds. The SMILES string of the molecule is c1ccc2c(c1)SCCC2Nc1ccc2[nH]ncc2c1. The summed E-state index contributed by atoms with van der Waals surface area (Å²) in [4.78, 5) is 1.40. The van der Waals surface area contributed by atoms with Crippen molar-refractivity contribution in [1.82, 2.24) is 10.2 Å². The summed E-state index contributed by atoms with van der Waals surface area (Å²) in [5.74, 6) is 1.17. The Morgan fingerprint density at radius 1 is 1.20 bits per heavy atom. The van der Waals surface area contributed by atoms with Crippen LogP contribution in [0, 0.1) is 0 Å². The molecule has 1 aromatic heterocycles. The van der Waals surface area contributed by atoms with Gasteiger partial charge in [0.2, 0.25) is 0 Å². The highest BCUT2D eigenvalue weighted by atomic mass is 32.2. The average molecular weight is 281 g/mol. The van der Waals surface area contributed by atoms with E-state index in [0.29, 0.717) is 6.04 Å². The lowest BCUT2D eigenvalue weighted by atomic mass is 10.0. The first-order valence-electron chi connectivity index (χ1n) is 6.81. The van der Waals surface area contributed by atoms with Gasteiger partial charge in [0.15, 0.2) is 0 Å². The lowest BCUT2D eigenvalue weighted by Crippen LogP contribution is -2.15. The van der Waals surface area contributed by atoms with Crippen LogP contribution < -0.4 is 5.32 Å². The molecule has 3 nitrogen and oxygen atoms in total. The fourth-order valence-corrected chi connectivity index (χ4v) is 3.85. The normalized spacial score (nSPS) is 17.9. The molecule has 0 saturated heterocycles. The van der Waals surface area contributed by atoms with Crippen LogP contribution in [0.15, 0.2) is 53.6 Å². The average Bonchev–Trinajstić information content (AvgIpc) is 2.95. The van der Waals surface area contributed by atoms with Gasteiger partial charge in [-0.2, -0.15) is 5.10 Å². The van der Waals surface area contributed by atoms with Gasteiger partial charge in [0.1, 0.15) is 0 Å². The van der Waals surface area contributed by atoms with E-state index in [4.69, 9.17) is 0 Å². The first kappa shape index (κ1) is 11.9. The van der Waals surface area contributed by atoms with E-state index < -0.39 is 0 Å². The van der Waals surface area contributed by atoms with Crippen LogP contribution in [0.1, 0.15) is 18.0 Å². The quantitative estimate of drug-likeness (QED) is 0.739. The van der Waals surface area contributed by atoms with Crippen molar-refractivity contribution in [3.05, 3.63) is 54.2 Å². The van der Waals surface area contributed by atoms with Gasteiger partial charge in [0.25, 0.3) is 0 Å². The Bertz CT molecular complexity index is 750. The molecule has 0 radical (unpaired) electrons. The van der Waals surface area contributed by atoms with Crippen LogP contribution in [-0.2, 0) is 0 Å². The van der Waals surface area contributed by atoms with Crippen LogP contribution in [-0.4, -0.2) is 16.0 Å². The van der Waals surface area contributed by atoms with Crippen LogP contribution in [0.3, 0.4) is 0 Å². The van der Waals surface area contributed by atoms with E-state index in [1.807, 2.05) is 18.0 Å². The zero-order valence-corrected chi connectivity index (χ0v) is 11.8. The number of aromatic nitrogens is 2. The molecule has 1 aliphatic rings. The molecule has 1 unspecified atom stereocenters. The molecule has 0 fully saturated rings. The molecule has 0 spiro atoms. The smallest absolute Gasteiger partial charge is 0.0651 e. The summed E-state index contributed by atoms with van der Waals surface area (Å²) in [5.41, 5.74) is 3.65. The molecule has 20 heavy (non-hydrogen) atoms. The number of nitrogens with one attached hydrogen (secondary N) is 2. The number of hydrogen-bond donors (Lipinski definition) is 2. The van der Waals surface area contributed by atoms with E-state index in [1.54, 1.807) is 0 Å². The van der Waals surface area contributed by atoms with Gasteiger partial charge >= 0.3 is 0 Å². The third kappa shape index (κ3) is 2.06. The minimum Gasteiger partial charge on any atom is -0.378 e. The molecule has 1 atom stereocenters. The highest BCUT2D eigenvalue weighted by molar-refractivity contribution is 7.99. The van der Waals surface area contributed by atoms with Gasteiger partial charge < -0.3 is 5.32 Å². The Kier molecular flexibility index (Phi) is 2.89. The van der Waals surface area contributed by atoms with E-state index in [0.717, 1.165) is 23.0 Å². The molecular weight excluding hydrogens is 266 g/mol. The van der Waals surface area contributed by atoms with Gasteiger partial charge in [-0.15, -0.1) is 11.8 Å². The Labute approximate surface area is 121 Å². The lowest BCUT2D eigenvalue weighted by molar-refractivity contribution is 0.729. The number of aromatic amines is 1. The van der Waals surface area contributed by atoms with Crippen molar-refractivity contribution in [2.45, 2.75) is 17.4 Å². The van der Waals surface area contributed by atoms with E-state index in [-0.39, 0.29) is 0 Å². The lowest BCUT2D eigenvalue weighted by Gasteiger charge is -2.26. The summed E-state index contributed by atoms with van der Waals surface area (Å²) in [6, 6.07) is 15.4. The zero-order chi connectivity index (χ0) is 13.4. The Balaban J connectivity index is 1.66. The van der Waals surface area contributed by atoms with Crippen LogP contribution in [0.5, 0.6) is 0 Å². The molecule has 4 heteroatoms. The third-order valence-corrected chi connectivity index (χ3v) is 4.86. The number of benzene rings is 2. The highest BCUT2D eigenvalue weighted by Gasteiger charge is 2.19. The van der Waals surface area contributed by atoms with E-state index in [2.05, 4.69) is 58.0 Å². The first-order chi connectivity index (χ1) is 9.90. The van der Waals surface area contributed by atoms with Gasteiger partial charge in [-0.1, -0.05) is 18.2 Å². The van der Waals surface area contributed by atoms with Crippen molar-refractivity contribution in [2.24, 2.45) is 0 Å². The number of rotatable bonds is 2. The molecular formula is C16H15N3S. The summed E-state index contributed by atoms with van der Waals surface area (Å²) in [5, 5.41) is 11.9. The van der Waals surface area contributed by atoms with Crippen molar-refractivity contribution in [2.75, 3.05) is 11.1 Å². The zero-order valence-electron chi connectivity index (χ0n) is 11.0. The maximum atomic E-state index is 4.07. The molecule has 0 bridgehead atoms. The number of hydrogen-bond acceptors (Lipinski definition) is 3.